The number of hydrogen-bond donors (Lipinski definition) is 1. The summed E-state index contributed by atoms with van der Waals surface area (Å²) in [6.45, 7) is 0. The average molecular weight is 451 g/mol. The number of rotatable bonds is 3. The van der Waals surface area contributed by atoms with Crippen LogP contribution in [0.5, 0.6) is 0 Å². The van der Waals surface area contributed by atoms with Gasteiger partial charge in [-0.2, -0.15) is 5.26 Å². The van der Waals surface area contributed by atoms with Crippen molar-refractivity contribution in [3.63, 3.8) is 0 Å². The van der Waals surface area contributed by atoms with Crippen molar-refractivity contribution < 1.29 is 8.42 Å². The smallest absolute Gasteiger partial charge is 0.263 e. The molecule has 0 amide bonds. The van der Waals surface area contributed by atoms with Gasteiger partial charge in [0.2, 0.25) is 0 Å². The molecule has 0 aliphatic rings. The second-order valence-electron chi connectivity index (χ2n) is 3.99. The zero-order chi connectivity index (χ0) is 15.6. The summed E-state index contributed by atoms with van der Waals surface area (Å²) in [5.74, 6) is 0. The van der Waals surface area contributed by atoms with E-state index >= 15 is 0 Å². The number of sulfonamides is 1. The van der Waals surface area contributed by atoms with Gasteiger partial charge in [-0.15, -0.1) is 0 Å². The van der Waals surface area contributed by atoms with Gasteiger partial charge >= 0.3 is 0 Å². The molecule has 0 atom stereocenters. The van der Waals surface area contributed by atoms with Crippen LogP contribution in [0, 0.1) is 11.3 Å². The van der Waals surface area contributed by atoms with Crippen LogP contribution in [0.1, 0.15) is 5.56 Å². The fourth-order valence-electron chi connectivity index (χ4n) is 1.56. The Bertz CT molecular complexity index is 848. The highest BCUT2D eigenvalue weighted by atomic mass is 79.9. The van der Waals surface area contributed by atoms with Crippen molar-refractivity contribution in [3.05, 3.63) is 55.9 Å². The van der Waals surface area contributed by atoms with Crippen molar-refractivity contribution in [2.24, 2.45) is 0 Å². The van der Waals surface area contributed by atoms with Crippen LogP contribution in [0.2, 0.25) is 5.02 Å². The molecule has 2 aromatic rings. The lowest BCUT2D eigenvalue weighted by Gasteiger charge is -2.11. The minimum atomic E-state index is -3.84. The Morgan fingerprint density at radius 3 is 2.43 bits per heavy atom. The lowest BCUT2D eigenvalue weighted by Crippen LogP contribution is -2.14. The van der Waals surface area contributed by atoms with E-state index in [9.17, 15) is 8.42 Å². The summed E-state index contributed by atoms with van der Waals surface area (Å²) in [6.07, 6.45) is 0. The van der Waals surface area contributed by atoms with Crippen molar-refractivity contribution in [2.75, 3.05) is 4.72 Å². The number of nitriles is 1. The van der Waals surface area contributed by atoms with Crippen molar-refractivity contribution >= 4 is 59.2 Å². The van der Waals surface area contributed by atoms with E-state index in [0.717, 1.165) is 4.47 Å². The molecule has 0 bridgehead atoms. The molecule has 0 heterocycles. The Labute approximate surface area is 144 Å². The molecule has 108 valence electrons. The Morgan fingerprint density at radius 2 is 1.86 bits per heavy atom. The van der Waals surface area contributed by atoms with Crippen molar-refractivity contribution in [3.8, 4) is 6.07 Å². The molecule has 1 N–H and O–H groups in total. The zero-order valence-corrected chi connectivity index (χ0v) is 15.0. The van der Waals surface area contributed by atoms with Crippen LogP contribution in [0.3, 0.4) is 0 Å². The van der Waals surface area contributed by atoms with Crippen molar-refractivity contribution in [1.29, 1.82) is 5.26 Å². The molecule has 0 saturated carbocycles. The number of nitrogens with zero attached hydrogens (tertiary/aromatic N) is 1. The molecule has 2 aromatic carbocycles. The van der Waals surface area contributed by atoms with Crippen LogP contribution in [-0.2, 0) is 10.0 Å². The number of hydrogen-bond acceptors (Lipinski definition) is 3. The number of halogens is 3. The molecule has 2 rings (SSSR count). The van der Waals surface area contributed by atoms with E-state index in [0.29, 0.717) is 15.7 Å². The van der Waals surface area contributed by atoms with Gasteiger partial charge in [0.25, 0.3) is 10.0 Å². The van der Waals surface area contributed by atoms with Gasteiger partial charge in [-0.05, 0) is 52.3 Å². The minimum Gasteiger partial charge on any atom is -0.278 e. The zero-order valence-electron chi connectivity index (χ0n) is 10.3. The first kappa shape index (κ1) is 16.3. The molecule has 0 aromatic heterocycles. The number of nitrogens with one attached hydrogen (secondary N) is 1. The molecule has 0 saturated heterocycles. The van der Waals surface area contributed by atoms with E-state index in [1.807, 2.05) is 6.07 Å². The molecule has 8 heteroatoms. The first-order valence-electron chi connectivity index (χ1n) is 5.51. The van der Waals surface area contributed by atoms with E-state index < -0.39 is 10.0 Å². The lowest BCUT2D eigenvalue weighted by molar-refractivity contribution is 0.601. The van der Waals surface area contributed by atoms with Crippen molar-refractivity contribution in [2.45, 2.75) is 4.90 Å². The highest BCUT2D eigenvalue weighted by Crippen LogP contribution is 2.30. The molecule has 0 spiro atoms. The number of anilines is 1. The first-order valence-corrected chi connectivity index (χ1v) is 8.96. The van der Waals surface area contributed by atoms with Gasteiger partial charge in [-0.1, -0.05) is 27.5 Å². The predicted octanol–water partition coefficient (Wildman–Crippen LogP) is 4.54. The van der Waals surface area contributed by atoms with Crippen LogP contribution in [-0.4, -0.2) is 8.42 Å². The summed E-state index contributed by atoms with van der Waals surface area (Å²) in [4.78, 5) is -0.0852. The van der Waals surface area contributed by atoms with Crippen LogP contribution in [0.25, 0.3) is 0 Å². The lowest BCUT2D eigenvalue weighted by atomic mass is 10.2. The third kappa shape index (κ3) is 3.77. The minimum absolute atomic E-state index is 0.00483. The van der Waals surface area contributed by atoms with E-state index in [4.69, 9.17) is 16.9 Å². The summed E-state index contributed by atoms with van der Waals surface area (Å²) >= 11 is 12.5. The fourth-order valence-corrected chi connectivity index (χ4v) is 4.46. The Morgan fingerprint density at radius 1 is 1.14 bits per heavy atom. The normalized spacial score (nSPS) is 11.0. The summed E-state index contributed by atoms with van der Waals surface area (Å²) in [5, 5.41) is 8.76. The summed E-state index contributed by atoms with van der Waals surface area (Å²) in [6, 6.07) is 11.0. The quantitative estimate of drug-likeness (QED) is 0.747. The van der Waals surface area contributed by atoms with Crippen molar-refractivity contribution in [1.82, 2.24) is 0 Å². The second-order valence-corrected chi connectivity index (χ2v) is 7.81. The van der Waals surface area contributed by atoms with Gasteiger partial charge in [0, 0.05) is 8.95 Å². The second kappa shape index (κ2) is 6.36. The largest absolute Gasteiger partial charge is 0.278 e. The third-order valence-corrected chi connectivity index (χ3v) is 5.52. The molecule has 0 fully saturated rings. The van der Waals surface area contributed by atoms with Gasteiger partial charge in [0.15, 0.2) is 0 Å². The SMILES string of the molecule is N#Cc1ccc(S(=O)(=O)Nc2ccc(Br)cc2Br)c(Cl)c1. The predicted molar refractivity (Wildman–Crippen MR) is 88.8 cm³/mol. The molecular weight excluding hydrogens is 443 g/mol. The van der Waals surface area contributed by atoms with E-state index in [-0.39, 0.29) is 9.92 Å². The highest BCUT2D eigenvalue weighted by Gasteiger charge is 2.19. The van der Waals surface area contributed by atoms with Gasteiger partial charge in [0.1, 0.15) is 4.90 Å². The van der Waals surface area contributed by atoms with E-state index in [1.165, 1.54) is 18.2 Å². The molecule has 0 aliphatic heterocycles. The molecule has 21 heavy (non-hydrogen) atoms. The van der Waals surface area contributed by atoms with Gasteiger partial charge in [0.05, 0.1) is 22.3 Å². The Kier molecular flexibility index (Phi) is 4.94. The monoisotopic (exact) mass is 448 g/mol. The third-order valence-electron chi connectivity index (χ3n) is 2.53. The maximum Gasteiger partial charge on any atom is 0.263 e. The maximum absolute atomic E-state index is 12.3. The molecular formula is C13H7Br2ClN2O2S. The first-order chi connectivity index (χ1) is 9.83. The van der Waals surface area contributed by atoms with Gasteiger partial charge in [-0.3, -0.25) is 4.72 Å². The van der Waals surface area contributed by atoms with Crippen LogP contribution < -0.4 is 4.72 Å². The van der Waals surface area contributed by atoms with Crippen LogP contribution in [0.15, 0.2) is 50.2 Å². The molecule has 0 radical (unpaired) electrons. The topological polar surface area (TPSA) is 70.0 Å². The Hall–Kier alpha value is -1.07. The standard InChI is InChI=1S/C13H7Br2ClN2O2S/c14-9-2-3-12(10(15)6-9)18-21(19,20)13-4-1-8(7-17)5-11(13)16/h1-6,18H. The van der Waals surface area contributed by atoms with E-state index in [1.54, 1.807) is 18.2 Å². The average Bonchev–Trinajstić information content (AvgIpc) is 2.41. The van der Waals surface area contributed by atoms with Gasteiger partial charge < -0.3 is 0 Å². The summed E-state index contributed by atoms with van der Waals surface area (Å²) in [7, 11) is -3.84. The number of benzene rings is 2. The fraction of sp³-hybridized carbons (Fsp3) is 0. The van der Waals surface area contributed by atoms with Crippen LogP contribution >= 0.6 is 43.5 Å². The molecule has 0 aliphatic carbocycles. The van der Waals surface area contributed by atoms with Gasteiger partial charge in [-0.25, -0.2) is 8.42 Å². The van der Waals surface area contributed by atoms with E-state index in [2.05, 4.69) is 36.6 Å². The molecule has 4 nitrogen and oxygen atoms in total. The summed E-state index contributed by atoms with van der Waals surface area (Å²) in [5.41, 5.74) is 0.683. The molecule has 0 unspecified atom stereocenters. The maximum atomic E-state index is 12.3. The van der Waals surface area contributed by atoms with Crippen LogP contribution in [0.4, 0.5) is 5.69 Å². The summed E-state index contributed by atoms with van der Waals surface area (Å²) < 4.78 is 28.5. The Balaban J connectivity index is 2.41. The highest BCUT2D eigenvalue weighted by molar-refractivity contribution is 9.11.